The van der Waals surface area contributed by atoms with Crippen molar-refractivity contribution in [2.45, 2.75) is 0 Å². The molecule has 0 aliphatic carbocycles. The Hall–Kier alpha value is -2.25. The van der Waals surface area contributed by atoms with E-state index in [9.17, 15) is 4.79 Å². The first kappa shape index (κ1) is 19.5. The van der Waals surface area contributed by atoms with E-state index in [1.807, 2.05) is 0 Å². The molecule has 3 rings (SSSR count). The van der Waals surface area contributed by atoms with Crippen LogP contribution in [0.25, 0.3) is 0 Å². The van der Waals surface area contributed by atoms with Gasteiger partial charge in [0, 0.05) is 56.9 Å². The molecule has 0 radical (unpaired) electrons. The van der Waals surface area contributed by atoms with E-state index in [1.54, 1.807) is 42.6 Å². The molecule has 1 amide bonds. The van der Waals surface area contributed by atoms with Gasteiger partial charge in [0.2, 0.25) is 0 Å². The van der Waals surface area contributed by atoms with Crippen molar-refractivity contribution < 1.29 is 4.79 Å². The molecular formula is C19H24ClN5OS. The van der Waals surface area contributed by atoms with Crippen molar-refractivity contribution in [2.24, 2.45) is 4.99 Å². The molecule has 8 heteroatoms. The van der Waals surface area contributed by atoms with Crippen molar-refractivity contribution in [3.8, 4) is 0 Å². The first-order valence-corrected chi connectivity index (χ1v) is 10.2. The number of piperazine rings is 1. The number of amides is 1. The van der Waals surface area contributed by atoms with Gasteiger partial charge in [-0.05, 0) is 41.8 Å². The van der Waals surface area contributed by atoms with Crippen LogP contribution >= 0.6 is 22.9 Å². The quantitative estimate of drug-likeness (QED) is 0.456. The Bertz CT molecular complexity index is 755. The fourth-order valence-electron chi connectivity index (χ4n) is 2.97. The molecule has 27 heavy (non-hydrogen) atoms. The minimum absolute atomic E-state index is 0.104. The van der Waals surface area contributed by atoms with Gasteiger partial charge < -0.3 is 20.4 Å². The van der Waals surface area contributed by atoms with Crippen LogP contribution in [-0.2, 0) is 0 Å². The number of hydrogen-bond acceptors (Lipinski definition) is 4. The molecule has 0 bridgehead atoms. The molecule has 1 fully saturated rings. The zero-order chi connectivity index (χ0) is 19.1. The number of anilines is 1. The highest BCUT2D eigenvalue weighted by Crippen LogP contribution is 2.22. The summed E-state index contributed by atoms with van der Waals surface area (Å²) in [5.41, 5.74) is 0.605. The molecule has 0 atom stereocenters. The van der Waals surface area contributed by atoms with Gasteiger partial charge in [-0.1, -0.05) is 11.6 Å². The molecule has 2 aromatic rings. The van der Waals surface area contributed by atoms with Crippen molar-refractivity contribution in [2.75, 3.05) is 51.2 Å². The standard InChI is InChI=1S/C19H24ClN5OS/c1-21-19(25-12-10-24(11-13-25)17-3-2-14-27-17)23-9-8-22-18(26)15-4-6-16(20)7-5-15/h2-7,14H,8-13H2,1H3,(H,21,23)(H,22,26). The Morgan fingerprint density at radius 1 is 1.11 bits per heavy atom. The van der Waals surface area contributed by atoms with Gasteiger partial charge in [-0.15, -0.1) is 11.3 Å². The lowest BCUT2D eigenvalue weighted by Gasteiger charge is -2.37. The number of thiophene rings is 1. The Kier molecular flexibility index (Phi) is 6.95. The molecule has 2 N–H and O–H groups in total. The van der Waals surface area contributed by atoms with Crippen molar-refractivity contribution in [1.82, 2.24) is 15.5 Å². The third kappa shape index (κ3) is 5.37. The van der Waals surface area contributed by atoms with Gasteiger partial charge in [-0.25, -0.2) is 0 Å². The average molecular weight is 406 g/mol. The van der Waals surface area contributed by atoms with Crippen molar-refractivity contribution in [3.63, 3.8) is 0 Å². The van der Waals surface area contributed by atoms with Gasteiger partial charge in [0.1, 0.15) is 0 Å². The smallest absolute Gasteiger partial charge is 0.251 e. The maximum Gasteiger partial charge on any atom is 0.251 e. The average Bonchev–Trinajstić information content (AvgIpc) is 3.23. The number of carbonyl (C=O) groups excluding carboxylic acids is 1. The first-order chi connectivity index (χ1) is 13.2. The summed E-state index contributed by atoms with van der Waals surface area (Å²) in [6.45, 7) is 4.96. The van der Waals surface area contributed by atoms with E-state index in [4.69, 9.17) is 11.6 Å². The zero-order valence-electron chi connectivity index (χ0n) is 15.3. The van der Waals surface area contributed by atoms with Crippen LogP contribution in [0.4, 0.5) is 5.00 Å². The molecule has 1 saturated heterocycles. The summed E-state index contributed by atoms with van der Waals surface area (Å²) >= 11 is 7.62. The summed E-state index contributed by atoms with van der Waals surface area (Å²) in [6.07, 6.45) is 0. The second kappa shape index (κ2) is 9.62. The molecule has 1 aromatic carbocycles. The van der Waals surface area contributed by atoms with Crippen LogP contribution in [0.1, 0.15) is 10.4 Å². The van der Waals surface area contributed by atoms with Crippen LogP contribution in [0.2, 0.25) is 5.02 Å². The van der Waals surface area contributed by atoms with Crippen LogP contribution < -0.4 is 15.5 Å². The minimum atomic E-state index is -0.104. The number of nitrogens with zero attached hydrogens (tertiary/aromatic N) is 3. The van der Waals surface area contributed by atoms with Crippen LogP contribution in [0.3, 0.4) is 0 Å². The maximum absolute atomic E-state index is 12.1. The fourth-order valence-corrected chi connectivity index (χ4v) is 3.89. The van der Waals surface area contributed by atoms with Gasteiger partial charge in [-0.3, -0.25) is 9.79 Å². The summed E-state index contributed by atoms with van der Waals surface area (Å²) in [6, 6.07) is 11.1. The summed E-state index contributed by atoms with van der Waals surface area (Å²) in [5, 5.41) is 10.3. The fraction of sp³-hybridized carbons (Fsp3) is 0.368. The maximum atomic E-state index is 12.1. The second-order valence-electron chi connectivity index (χ2n) is 6.16. The van der Waals surface area contributed by atoms with Crippen LogP contribution in [0.5, 0.6) is 0 Å². The minimum Gasteiger partial charge on any atom is -0.360 e. The molecule has 144 valence electrons. The molecule has 0 spiro atoms. The summed E-state index contributed by atoms with van der Waals surface area (Å²) in [5.74, 6) is 0.773. The normalized spacial score (nSPS) is 15.0. The Labute approximate surface area is 168 Å². The van der Waals surface area contributed by atoms with E-state index in [0.717, 1.165) is 32.1 Å². The monoisotopic (exact) mass is 405 g/mol. The highest BCUT2D eigenvalue weighted by Gasteiger charge is 2.20. The lowest BCUT2D eigenvalue weighted by Crippen LogP contribution is -2.53. The molecule has 2 heterocycles. The SMILES string of the molecule is CN=C(NCCNC(=O)c1ccc(Cl)cc1)N1CCN(c2cccs2)CC1. The number of carbonyl (C=O) groups is 1. The van der Waals surface area contributed by atoms with Gasteiger partial charge in [0.05, 0.1) is 5.00 Å². The van der Waals surface area contributed by atoms with E-state index in [-0.39, 0.29) is 5.91 Å². The first-order valence-electron chi connectivity index (χ1n) is 8.95. The van der Waals surface area contributed by atoms with Crippen LogP contribution in [0, 0.1) is 0 Å². The number of guanidine groups is 1. The molecule has 1 aliphatic heterocycles. The van der Waals surface area contributed by atoms with E-state index < -0.39 is 0 Å². The third-order valence-electron chi connectivity index (χ3n) is 4.41. The van der Waals surface area contributed by atoms with Crippen molar-refractivity contribution in [1.29, 1.82) is 0 Å². The third-order valence-corrected chi connectivity index (χ3v) is 5.59. The highest BCUT2D eigenvalue weighted by molar-refractivity contribution is 7.14. The molecule has 0 saturated carbocycles. The largest absolute Gasteiger partial charge is 0.360 e. The molecule has 0 unspecified atom stereocenters. The number of aliphatic imine (C=N–C) groups is 1. The van der Waals surface area contributed by atoms with E-state index in [2.05, 4.69) is 42.9 Å². The number of benzene rings is 1. The molecule has 1 aliphatic rings. The van der Waals surface area contributed by atoms with Gasteiger partial charge in [0.25, 0.3) is 5.91 Å². The Morgan fingerprint density at radius 3 is 2.44 bits per heavy atom. The summed E-state index contributed by atoms with van der Waals surface area (Å²) < 4.78 is 0. The van der Waals surface area contributed by atoms with Gasteiger partial charge in [0.15, 0.2) is 5.96 Å². The van der Waals surface area contributed by atoms with Gasteiger partial charge >= 0.3 is 0 Å². The molecule has 1 aromatic heterocycles. The zero-order valence-corrected chi connectivity index (χ0v) is 16.9. The topological polar surface area (TPSA) is 60.0 Å². The van der Waals surface area contributed by atoms with Gasteiger partial charge in [-0.2, -0.15) is 0 Å². The number of hydrogen-bond donors (Lipinski definition) is 2. The van der Waals surface area contributed by atoms with Crippen molar-refractivity contribution in [3.05, 3.63) is 52.4 Å². The summed E-state index contributed by atoms with van der Waals surface area (Å²) in [4.78, 5) is 21.1. The summed E-state index contributed by atoms with van der Waals surface area (Å²) in [7, 11) is 1.79. The van der Waals surface area contributed by atoms with Crippen LogP contribution in [-0.4, -0.2) is 63.1 Å². The second-order valence-corrected chi connectivity index (χ2v) is 7.52. The number of nitrogens with one attached hydrogen (secondary N) is 2. The predicted molar refractivity (Wildman–Crippen MR) is 113 cm³/mol. The number of rotatable bonds is 5. The van der Waals surface area contributed by atoms with Crippen molar-refractivity contribution >= 4 is 39.8 Å². The lowest BCUT2D eigenvalue weighted by molar-refractivity contribution is 0.0954. The Balaban J connectivity index is 1.39. The molecular weight excluding hydrogens is 382 g/mol. The highest BCUT2D eigenvalue weighted by atomic mass is 35.5. The van der Waals surface area contributed by atoms with E-state index >= 15 is 0 Å². The number of halogens is 1. The lowest BCUT2D eigenvalue weighted by atomic mass is 10.2. The van der Waals surface area contributed by atoms with Crippen LogP contribution in [0.15, 0.2) is 46.8 Å². The Morgan fingerprint density at radius 2 is 1.81 bits per heavy atom. The van der Waals surface area contributed by atoms with E-state index in [1.165, 1.54) is 5.00 Å². The van der Waals surface area contributed by atoms with E-state index in [0.29, 0.717) is 23.7 Å². The molecule has 6 nitrogen and oxygen atoms in total. The predicted octanol–water partition coefficient (Wildman–Crippen LogP) is 2.53.